The molecule has 6 heteroatoms. The first-order chi connectivity index (χ1) is 14.4. The van der Waals surface area contributed by atoms with Crippen molar-refractivity contribution in [1.82, 2.24) is 4.72 Å². The second-order valence-electron chi connectivity index (χ2n) is 7.52. The number of carbonyl (C=O) groups excluding carboxylic acids is 1. The Morgan fingerprint density at radius 2 is 1.50 bits per heavy atom. The molecule has 3 aromatic carbocycles. The van der Waals surface area contributed by atoms with Crippen molar-refractivity contribution < 1.29 is 13.2 Å². The number of benzene rings is 3. The van der Waals surface area contributed by atoms with Gasteiger partial charge in [0.05, 0.1) is 10.9 Å². The Morgan fingerprint density at radius 1 is 0.867 bits per heavy atom. The lowest BCUT2D eigenvalue weighted by atomic mass is 9.99. The highest BCUT2D eigenvalue weighted by molar-refractivity contribution is 7.89. The lowest BCUT2D eigenvalue weighted by Crippen LogP contribution is -2.29. The van der Waals surface area contributed by atoms with Crippen LogP contribution < -0.4 is 9.62 Å². The maximum Gasteiger partial charge on any atom is 0.241 e. The van der Waals surface area contributed by atoms with E-state index in [1.54, 1.807) is 29.2 Å². The van der Waals surface area contributed by atoms with E-state index in [0.29, 0.717) is 13.0 Å². The first-order valence-corrected chi connectivity index (χ1v) is 11.5. The number of hydrogen-bond donors (Lipinski definition) is 1. The second-order valence-corrected chi connectivity index (χ2v) is 9.23. The molecule has 0 aliphatic carbocycles. The number of hydrogen-bond acceptors (Lipinski definition) is 3. The van der Waals surface area contributed by atoms with Gasteiger partial charge < -0.3 is 4.90 Å². The van der Waals surface area contributed by atoms with Gasteiger partial charge in [-0.3, -0.25) is 4.79 Å². The molecule has 0 saturated carbocycles. The lowest BCUT2D eigenvalue weighted by molar-refractivity contribution is -0.117. The third-order valence-electron chi connectivity index (χ3n) is 5.35. The molecule has 0 unspecified atom stereocenters. The van der Waals surface area contributed by atoms with E-state index in [1.807, 2.05) is 61.5 Å². The number of nitrogens with one attached hydrogen (secondary N) is 1. The molecule has 1 fully saturated rings. The van der Waals surface area contributed by atoms with Crippen molar-refractivity contribution in [3.05, 3.63) is 95.6 Å². The quantitative estimate of drug-likeness (QED) is 0.650. The fourth-order valence-electron chi connectivity index (χ4n) is 3.68. The van der Waals surface area contributed by atoms with E-state index >= 15 is 0 Å². The molecule has 0 aromatic heterocycles. The number of rotatable bonds is 6. The highest BCUT2D eigenvalue weighted by atomic mass is 32.2. The Hall–Kier alpha value is -2.96. The first-order valence-electron chi connectivity index (χ1n) is 9.98. The van der Waals surface area contributed by atoms with Gasteiger partial charge in [-0.05, 0) is 48.7 Å². The summed E-state index contributed by atoms with van der Waals surface area (Å²) in [4.78, 5) is 13.8. The summed E-state index contributed by atoms with van der Waals surface area (Å²) in [6.45, 7) is 2.67. The average Bonchev–Trinajstić information content (AvgIpc) is 3.19. The van der Waals surface area contributed by atoms with Gasteiger partial charge in [-0.25, -0.2) is 8.42 Å². The van der Waals surface area contributed by atoms with Gasteiger partial charge in [0.15, 0.2) is 0 Å². The van der Waals surface area contributed by atoms with Crippen LogP contribution >= 0.6 is 0 Å². The van der Waals surface area contributed by atoms with Crippen LogP contribution in [0.15, 0.2) is 83.8 Å². The largest absolute Gasteiger partial charge is 0.312 e. The van der Waals surface area contributed by atoms with Gasteiger partial charge in [-0.15, -0.1) is 0 Å². The third kappa shape index (κ3) is 4.30. The van der Waals surface area contributed by atoms with Crippen LogP contribution in [-0.4, -0.2) is 20.9 Å². The molecule has 1 heterocycles. The van der Waals surface area contributed by atoms with E-state index in [4.69, 9.17) is 0 Å². The molecule has 0 radical (unpaired) electrons. The molecule has 30 heavy (non-hydrogen) atoms. The monoisotopic (exact) mass is 420 g/mol. The zero-order valence-corrected chi connectivity index (χ0v) is 17.6. The lowest BCUT2D eigenvalue weighted by Gasteiger charge is -2.21. The summed E-state index contributed by atoms with van der Waals surface area (Å²) in [5, 5.41) is 0. The average molecular weight is 421 g/mol. The van der Waals surface area contributed by atoms with Crippen molar-refractivity contribution in [1.29, 1.82) is 0 Å². The molecule has 1 amide bonds. The van der Waals surface area contributed by atoms with Crippen molar-refractivity contribution in [3.8, 4) is 0 Å². The third-order valence-corrected chi connectivity index (χ3v) is 6.79. The van der Waals surface area contributed by atoms with Crippen molar-refractivity contribution in [2.24, 2.45) is 0 Å². The SMILES string of the molecule is Cc1ccc([C@@H](NS(=O)(=O)c2ccc(N3CCCC3=O)cc2)c2ccccc2)cc1. The van der Waals surface area contributed by atoms with Gasteiger partial charge in [0, 0.05) is 18.7 Å². The summed E-state index contributed by atoms with van der Waals surface area (Å²) in [7, 11) is -3.77. The Bertz CT molecular complexity index is 1130. The topological polar surface area (TPSA) is 66.5 Å². The maximum absolute atomic E-state index is 13.2. The van der Waals surface area contributed by atoms with Gasteiger partial charge in [0.1, 0.15) is 0 Å². The predicted octanol–water partition coefficient (Wildman–Crippen LogP) is 4.19. The molecule has 0 spiro atoms. The fourth-order valence-corrected chi connectivity index (χ4v) is 4.90. The van der Waals surface area contributed by atoms with Crippen LogP contribution in [0, 0.1) is 6.92 Å². The normalized spacial score (nSPS) is 15.4. The van der Waals surface area contributed by atoms with E-state index < -0.39 is 16.1 Å². The molecule has 1 aliphatic heterocycles. The van der Waals surface area contributed by atoms with Gasteiger partial charge in [-0.1, -0.05) is 60.2 Å². The predicted molar refractivity (Wildman–Crippen MR) is 118 cm³/mol. The van der Waals surface area contributed by atoms with Crippen LogP contribution in [0.2, 0.25) is 0 Å². The summed E-state index contributed by atoms with van der Waals surface area (Å²) < 4.78 is 29.2. The highest BCUT2D eigenvalue weighted by Gasteiger charge is 2.25. The molecular weight excluding hydrogens is 396 g/mol. The number of nitrogens with zero attached hydrogens (tertiary/aromatic N) is 1. The van der Waals surface area contributed by atoms with Gasteiger partial charge in [-0.2, -0.15) is 4.72 Å². The molecule has 1 saturated heterocycles. The van der Waals surface area contributed by atoms with E-state index in [0.717, 1.165) is 28.8 Å². The molecular formula is C24H24N2O3S. The van der Waals surface area contributed by atoms with Crippen LogP contribution in [0.4, 0.5) is 5.69 Å². The summed E-state index contributed by atoms with van der Waals surface area (Å²) >= 11 is 0. The molecule has 1 N–H and O–H groups in total. The highest BCUT2D eigenvalue weighted by Crippen LogP contribution is 2.27. The number of aryl methyl sites for hydroxylation is 1. The van der Waals surface area contributed by atoms with E-state index in [2.05, 4.69) is 4.72 Å². The minimum Gasteiger partial charge on any atom is -0.312 e. The van der Waals surface area contributed by atoms with Crippen LogP contribution in [0.3, 0.4) is 0 Å². The van der Waals surface area contributed by atoms with Crippen molar-refractivity contribution in [2.45, 2.75) is 30.7 Å². The van der Waals surface area contributed by atoms with Crippen molar-refractivity contribution in [3.63, 3.8) is 0 Å². The molecule has 5 nitrogen and oxygen atoms in total. The number of sulfonamides is 1. The molecule has 154 valence electrons. The number of carbonyl (C=O) groups is 1. The Kier molecular flexibility index (Phi) is 5.70. The van der Waals surface area contributed by atoms with Crippen LogP contribution in [0.1, 0.15) is 35.6 Å². The second kappa shape index (κ2) is 8.42. The van der Waals surface area contributed by atoms with E-state index in [1.165, 1.54) is 0 Å². The zero-order chi connectivity index (χ0) is 21.1. The number of amides is 1. The summed E-state index contributed by atoms with van der Waals surface area (Å²) in [5.41, 5.74) is 3.58. The van der Waals surface area contributed by atoms with Crippen LogP contribution in [0.25, 0.3) is 0 Å². The standard InChI is InChI=1S/C24H24N2O3S/c1-18-9-11-20(12-10-18)24(19-6-3-2-4-7-19)25-30(28,29)22-15-13-21(14-16-22)26-17-5-8-23(26)27/h2-4,6-7,9-16,24-25H,5,8,17H2,1H3/t24-/m0/s1. The van der Waals surface area contributed by atoms with Gasteiger partial charge >= 0.3 is 0 Å². The summed E-state index contributed by atoms with van der Waals surface area (Å²) in [6, 6.07) is 23.4. The van der Waals surface area contributed by atoms with Crippen LogP contribution in [0.5, 0.6) is 0 Å². The van der Waals surface area contributed by atoms with Crippen LogP contribution in [-0.2, 0) is 14.8 Å². The van der Waals surface area contributed by atoms with Gasteiger partial charge in [0.2, 0.25) is 15.9 Å². The van der Waals surface area contributed by atoms with E-state index in [-0.39, 0.29) is 10.8 Å². The number of anilines is 1. The molecule has 4 rings (SSSR count). The molecule has 1 aliphatic rings. The minimum absolute atomic E-state index is 0.0762. The molecule has 1 atom stereocenters. The van der Waals surface area contributed by atoms with Gasteiger partial charge in [0.25, 0.3) is 0 Å². The first kappa shape index (κ1) is 20.3. The van der Waals surface area contributed by atoms with Crippen molar-refractivity contribution >= 4 is 21.6 Å². The smallest absolute Gasteiger partial charge is 0.241 e. The maximum atomic E-state index is 13.2. The summed E-state index contributed by atoms with van der Waals surface area (Å²) in [6.07, 6.45) is 1.37. The fraction of sp³-hybridized carbons (Fsp3) is 0.208. The molecule has 0 bridgehead atoms. The molecule has 3 aromatic rings. The zero-order valence-electron chi connectivity index (χ0n) is 16.8. The summed E-state index contributed by atoms with van der Waals surface area (Å²) in [5.74, 6) is 0.0762. The van der Waals surface area contributed by atoms with E-state index in [9.17, 15) is 13.2 Å². The Morgan fingerprint density at radius 3 is 2.10 bits per heavy atom. The Labute approximate surface area is 177 Å². The Balaban J connectivity index is 1.63. The van der Waals surface area contributed by atoms with Crippen molar-refractivity contribution in [2.75, 3.05) is 11.4 Å². The minimum atomic E-state index is -3.77.